The second-order valence-electron chi connectivity index (χ2n) is 6.33. The van der Waals surface area contributed by atoms with E-state index in [1.807, 2.05) is 51.1 Å². The van der Waals surface area contributed by atoms with Gasteiger partial charge in [0.25, 0.3) is 0 Å². The van der Waals surface area contributed by atoms with Crippen LogP contribution in [0.1, 0.15) is 23.2 Å². The van der Waals surface area contributed by atoms with Gasteiger partial charge in [0.2, 0.25) is 11.8 Å². The van der Waals surface area contributed by atoms with Gasteiger partial charge in [-0.1, -0.05) is 12.1 Å². The Bertz CT molecular complexity index is 801. The third kappa shape index (κ3) is 3.30. The van der Waals surface area contributed by atoms with Crippen molar-refractivity contribution in [3.63, 3.8) is 0 Å². The molecule has 3 rings (SSSR count). The van der Waals surface area contributed by atoms with Crippen molar-refractivity contribution >= 4 is 23.3 Å². The highest BCUT2D eigenvalue weighted by Gasteiger charge is 2.35. The van der Waals surface area contributed by atoms with Gasteiger partial charge in [0.1, 0.15) is 5.82 Å². The van der Waals surface area contributed by atoms with Crippen molar-refractivity contribution in [2.75, 3.05) is 16.8 Å². The van der Waals surface area contributed by atoms with E-state index in [9.17, 15) is 9.59 Å². The summed E-state index contributed by atoms with van der Waals surface area (Å²) >= 11 is 0. The van der Waals surface area contributed by atoms with Crippen molar-refractivity contribution in [1.29, 1.82) is 0 Å². The number of amides is 2. The Kier molecular flexibility index (Phi) is 4.34. The molecule has 1 N–H and O–H groups in total. The first-order valence-electron chi connectivity index (χ1n) is 8.06. The number of hydrogen-bond acceptors (Lipinski definition) is 3. The number of aryl methyl sites for hydroxylation is 3. The minimum Gasteiger partial charge on any atom is -0.312 e. The summed E-state index contributed by atoms with van der Waals surface area (Å²) in [5.74, 6) is -0.0121. The smallest absolute Gasteiger partial charge is 0.230 e. The fraction of sp³-hybridized carbons (Fsp3) is 0.316. The van der Waals surface area contributed by atoms with E-state index in [-0.39, 0.29) is 24.2 Å². The van der Waals surface area contributed by atoms with E-state index in [2.05, 4.69) is 10.3 Å². The summed E-state index contributed by atoms with van der Waals surface area (Å²) in [6.45, 7) is 6.33. The molecule has 0 bridgehead atoms. The summed E-state index contributed by atoms with van der Waals surface area (Å²) in [5, 5.41) is 2.81. The van der Waals surface area contributed by atoms with Crippen LogP contribution in [0.5, 0.6) is 0 Å². The minimum absolute atomic E-state index is 0.0180. The maximum absolute atomic E-state index is 12.4. The van der Waals surface area contributed by atoms with Gasteiger partial charge in [-0.05, 0) is 56.2 Å². The zero-order valence-corrected chi connectivity index (χ0v) is 14.2. The first kappa shape index (κ1) is 16.2. The van der Waals surface area contributed by atoms with Crippen LogP contribution in [0.25, 0.3) is 0 Å². The van der Waals surface area contributed by atoms with Gasteiger partial charge in [-0.15, -0.1) is 0 Å². The topological polar surface area (TPSA) is 62.3 Å². The van der Waals surface area contributed by atoms with Crippen molar-refractivity contribution in [3.8, 4) is 0 Å². The lowest BCUT2D eigenvalue weighted by atomic mass is 10.1. The SMILES string of the molecule is Cc1cccc(NC(=O)[C@H]2CC(=O)N(c3ccc(C)c(C)c3)C2)n1. The molecule has 2 aromatic rings. The van der Waals surface area contributed by atoms with Gasteiger partial charge < -0.3 is 10.2 Å². The highest BCUT2D eigenvalue weighted by Crippen LogP contribution is 2.27. The molecule has 1 aliphatic rings. The first-order chi connectivity index (χ1) is 11.4. The average Bonchev–Trinajstić information content (AvgIpc) is 2.92. The van der Waals surface area contributed by atoms with Gasteiger partial charge in [0, 0.05) is 24.3 Å². The minimum atomic E-state index is -0.360. The fourth-order valence-corrected chi connectivity index (χ4v) is 2.87. The summed E-state index contributed by atoms with van der Waals surface area (Å²) in [4.78, 5) is 30.7. The standard InChI is InChI=1S/C19H21N3O2/c1-12-7-8-16(9-13(12)2)22-11-15(10-18(22)23)19(24)21-17-6-4-5-14(3)20-17/h4-9,15H,10-11H2,1-3H3,(H,20,21,24)/t15-/m0/s1. The molecule has 2 amide bonds. The number of carbonyl (C=O) groups is 2. The predicted octanol–water partition coefficient (Wildman–Crippen LogP) is 3.00. The molecule has 0 spiro atoms. The number of benzene rings is 1. The second-order valence-corrected chi connectivity index (χ2v) is 6.33. The molecule has 5 nitrogen and oxygen atoms in total. The monoisotopic (exact) mass is 323 g/mol. The molecular weight excluding hydrogens is 302 g/mol. The molecule has 0 radical (unpaired) electrons. The third-order valence-corrected chi connectivity index (χ3v) is 4.44. The molecule has 1 aromatic heterocycles. The van der Waals surface area contributed by atoms with Crippen LogP contribution in [0, 0.1) is 26.7 Å². The Labute approximate surface area is 141 Å². The normalized spacial score (nSPS) is 17.2. The molecule has 1 aromatic carbocycles. The van der Waals surface area contributed by atoms with E-state index in [0.717, 1.165) is 16.9 Å². The highest BCUT2D eigenvalue weighted by molar-refractivity contribution is 6.03. The Morgan fingerprint density at radius 1 is 1.17 bits per heavy atom. The van der Waals surface area contributed by atoms with Gasteiger partial charge in [0.15, 0.2) is 0 Å². The number of nitrogens with zero attached hydrogens (tertiary/aromatic N) is 2. The van der Waals surface area contributed by atoms with E-state index in [1.54, 1.807) is 11.0 Å². The molecule has 124 valence electrons. The lowest BCUT2D eigenvalue weighted by Crippen LogP contribution is -2.28. The number of carbonyl (C=O) groups excluding carboxylic acids is 2. The van der Waals surface area contributed by atoms with Crippen molar-refractivity contribution in [3.05, 3.63) is 53.2 Å². The third-order valence-electron chi connectivity index (χ3n) is 4.44. The van der Waals surface area contributed by atoms with Gasteiger partial charge in [0.05, 0.1) is 5.92 Å². The van der Waals surface area contributed by atoms with Crippen molar-refractivity contribution < 1.29 is 9.59 Å². The van der Waals surface area contributed by atoms with Crippen LogP contribution in [0.3, 0.4) is 0 Å². The lowest BCUT2D eigenvalue weighted by molar-refractivity contribution is -0.122. The molecule has 5 heteroatoms. The van der Waals surface area contributed by atoms with Crippen LogP contribution in [-0.2, 0) is 9.59 Å². The van der Waals surface area contributed by atoms with Crippen LogP contribution in [0.15, 0.2) is 36.4 Å². The molecule has 1 aliphatic heterocycles. The van der Waals surface area contributed by atoms with Crippen LogP contribution < -0.4 is 10.2 Å². The van der Waals surface area contributed by atoms with E-state index >= 15 is 0 Å². The Hall–Kier alpha value is -2.69. The molecule has 0 saturated carbocycles. The quantitative estimate of drug-likeness (QED) is 0.944. The zero-order valence-electron chi connectivity index (χ0n) is 14.2. The number of rotatable bonds is 3. The highest BCUT2D eigenvalue weighted by atomic mass is 16.2. The van der Waals surface area contributed by atoms with Gasteiger partial charge in [-0.2, -0.15) is 0 Å². The summed E-state index contributed by atoms with van der Waals surface area (Å²) < 4.78 is 0. The van der Waals surface area contributed by atoms with Crippen molar-refractivity contribution in [2.24, 2.45) is 5.92 Å². The number of nitrogens with one attached hydrogen (secondary N) is 1. The second kappa shape index (κ2) is 6.43. The van der Waals surface area contributed by atoms with Crippen molar-refractivity contribution in [1.82, 2.24) is 4.98 Å². The van der Waals surface area contributed by atoms with Crippen LogP contribution in [0.2, 0.25) is 0 Å². The maximum atomic E-state index is 12.4. The lowest BCUT2D eigenvalue weighted by Gasteiger charge is -2.18. The van der Waals surface area contributed by atoms with Crippen molar-refractivity contribution in [2.45, 2.75) is 27.2 Å². The molecule has 0 aliphatic carbocycles. The van der Waals surface area contributed by atoms with E-state index < -0.39 is 0 Å². The number of hydrogen-bond donors (Lipinski definition) is 1. The van der Waals surface area contributed by atoms with Crippen LogP contribution >= 0.6 is 0 Å². The molecule has 0 unspecified atom stereocenters. The number of pyridine rings is 1. The first-order valence-corrected chi connectivity index (χ1v) is 8.06. The Balaban J connectivity index is 1.72. The molecule has 1 atom stereocenters. The number of anilines is 2. The van der Waals surface area contributed by atoms with Crippen LogP contribution in [0.4, 0.5) is 11.5 Å². The Morgan fingerprint density at radius 3 is 2.67 bits per heavy atom. The van der Waals surface area contributed by atoms with E-state index in [1.165, 1.54) is 5.56 Å². The van der Waals surface area contributed by atoms with Gasteiger partial charge >= 0.3 is 0 Å². The Morgan fingerprint density at radius 2 is 1.96 bits per heavy atom. The van der Waals surface area contributed by atoms with Gasteiger partial charge in [-0.3, -0.25) is 9.59 Å². The average molecular weight is 323 g/mol. The van der Waals surface area contributed by atoms with E-state index in [0.29, 0.717) is 12.4 Å². The molecular formula is C19H21N3O2. The van der Waals surface area contributed by atoms with E-state index in [4.69, 9.17) is 0 Å². The van der Waals surface area contributed by atoms with Crippen LogP contribution in [-0.4, -0.2) is 23.3 Å². The summed E-state index contributed by atoms with van der Waals surface area (Å²) in [6.07, 6.45) is 0.227. The molecule has 1 fully saturated rings. The zero-order chi connectivity index (χ0) is 17.3. The predicted molar refractivity (Wildman–Crippen MR) is 94.0 cm³/mol. The summed E-state index contributed by atoms with van der Waals surface area (Å²) in [7, 11) is 0. The van der Waals surface area contributed by atoms with Gasteiger partial charge in [-0.25, -0.2) is 4.98 Å². The molecule has 24 heavy (non-hydrogen) atoms. The number of aromatic nitrogens is 1. The fourth-order valence-electron chi connectivity index (χ4n) is 2.87. The summed E-state index contributed by atoms with van der Waals surface area (Å²) in [6, 6.07) is 11.4. The summed E-state index contributed by atoms with van der Waals surface area (Å²) in [5.41, 5.74) is 4.02. The molecule has 2 heterocycles. The largest absolute Gasteiger partial charge is 0.312 e. The maximum Gasteiger partial charge on any atom is 0.230 e. The molecule has 1 saturated heterocycles.